The summed E-state index contributed by atoms with van der Waals surface area (Å²) in [6.07, 6.45) is 0. The second-order valence-corrected chi connectivity index (χ2v) is 5.59. The molecule has 1 aromatic heterocycles. The van der Waals surface area contributed by atoms with Gasteiger partial charge in [-0.05, 0) is 34.7 Å². The van der Waals surface area contributed by atoms with Crippen LogP contribution in [-0.4, -0.2) is 23.1 Å². The summed E-state index contributed by atoms with van der Waals surface area (Å²) in [5, 5.41) is 10.3. The van der Waals surface area contributed by atoms with Gasteiger partial charge in [-0.15, -0.1) is 0 Å². The number of phenolic OH excluding ortho intramolecular Hbond substituents is 1. The monoisotopic (exact) mass is 351 g/mol. The molecule has 0 atom stereocenters. The van der Waals surface area contributed by atoms with Gasteiger partial charge < -0.3 is 5.11 Å². The Morgan fingerprint density at radius 2 is 1.81 bits per heavy atom. The van der Waals surface area contributed by atoms with Crippen molar-refractivity contribution in [3.05, 3.63) is 28.0 Å². The third kappa shape index (κ3) is 1.97. The molecule has 7 heteroatoms. The largest absolute Gasteiger partial charge is 0.504 e. The van der Waals surface area contributed by atoms with Gasteiger partial charge in [0.05, 0.1) is 0 Å². The molecule has 16 heavy (non-hydrogen) atoms. The van der Waals surface area contributed by atoms with Gasteiger partial charge in [-0.1, -0.05) is 12.1 Å². The average molecular weight is 351 g/mol. The minimum absolute atomic E-state index is 0.155. The number of benzene rings is 1. The molecule has 0 fully saturated rings. The van der Waals surface area contributed by atoms with Crippen LogP contribution in [0.15, 0.2) is 29.2 Å². The SMILES string of the molecule is O=S(=O)(O)c1ccc2ccc(I)nc2c1O. The maximum Gasteiger partial charge on any atom is 0.298 e. The van der Waals surface area contributed by atoms with Gasteiger partial charge >= 0.3 is 0 Å². The number of fused-ring (bicyclic) bond motifs is 1. The van der Waals surface area contributed by atoms with Gasteiger partial charge in [0, 0.05) is 5.39 Å². The molecule has 0 bridgehead atoms. The van der Waals surface area contributed by atoms with E-state index in [2.05, 4.69) is 4.98 Å². The number of nitrogens with zero attached hydrogens (tertiary/aromatic N) is 1. The maximum atomic E-state index is 10.9. The molecule has 2 N–H and O–H groups in total. The highest BCUT2D eigenvalue weighted by atomic mass is 127. The zero-order valence-corrected chi connectivity index (χ0v) is 10.7. The average Bonchev–Trinajstić information content (AvgIpc) is 2.17. The van der Waals surface area contributed by atoms with E-state index in [4.69, 9.17) is 4.55 Å². The van der Waals surface area contributed by atoms with E-state index in [9.17, 15) is 13.5 Å². The fraction of sp³-hybridized carbons (Fsp3) is 0. The van der Waals surface area contributed by atoms with E-state index in [1.165, 1.54) is 6.07 Å². The smallest absolute Gasteiger partial charge is 0.298 e. The van der Waals surface area contributed by atoms with Crippen molar-refractivity contribution in [2.45, 2.75) is 4.90 Å². The quantitative estimate of drug-likeness (QED) is 0.465. The molecule has 0 aliphatic carbocycles. The predicted molar refractivity (Wildman–Crippen MR) is 65.9 cm³/mol. The molecular formula is C9H6INO4S. The zero-order chi connectivity index (χ0) is 11.9. The topological polar surface area (TPSA) is 87.5 Å². The highest BCUT2D eigenvalue weighted by Crippen LogP contribution is 2.30. The number of rotatable bonds is 1. The van der Waals surface area contributed by atoms with Crippen LogP contribution in [0.4, 0.5) is 0 Å². The summed E-state index contributed by atoms with van der Waals surface area (Å²) in [6.45, 7) is 0. The Hall–Kier alpha value is -0.930. The lowest BCUT2D eigenvalue weighted by molar-refractivity contribution is 0.447. The van der Waals surface area contributed by atoms with Gasteiger partial charge in [0.1, 0.15) is 14.1 Å². The molecule has 1 aromatic carbocycles. The van der Waals surface area contributed by atoms with Crippen molar-refractivity contribution in [3.63, 3.8) is 0 Å². The number of phenols is 1. The molecule has 0 aliphatic heterocycles. The fourth-order valence-electron chi connectivity index (χ4n) is 1.34. The number of aromatic hydroxyl groups is 1. The van der Waals surface area contributed by atoms with Crippen molar-refractivity contribution in [1.29, 1.82) is 0 Å². The minimum Gasteiger partial charge on any atom is -0.504 e. The Kier molecular flexibility index (Phi) is 2.76. The molecule has 2 aromatic rings. The Balaban J connectivity index is 2.89. The summed E-state index contributed by atoms with van der Waals surface area (Å²) >= 11 is 1.94. The number of aromatic nitrogens is 1. The molecular weight excluding hydrogens is 345 g/mol. The predicted octanol–water partition coefficient (Wildman–Crippen LogP) is 1.79. The standard InChI is InChI=1S/C9H6INO4S/c10-7-4-2-5-1-3-6(16(13,14)15)9(12)8(5)11-7/h1-4,12H,(H,13,14,15). The first kappa shape index (κ1) is 11.6. The van der Waals surface area contributed by atoms with Crippen molar-refractivity contribution < 1.29 is 18.1 Å². The van der Waals surface area contributed by atoms with Crippen molar-refractivity contribution in [3.8, 4) is 5.75 Å². The highest BCUT2D eigenvalue weighted by Gasteiger charge is 2.18. The van der Waals surface area contributed by atoms with Crippen LogP contribution in [0.3, 0.4) is 0 Å². The molecule has 0 unspecified atom stereocenters. The van der Waals surface area contributed by atoms with Gasteiger partial charge in [0.25, 0.3) is 10.1 Å². The number of hydrogen-bond donors (Lipinski definition) is 2. The van der Waals surface area contributed by atoms with Crippen molar-refractivity contribution in [2.75, 3.05) is 0 Å². The lowest BCUT2D eigenvalue weighted by Gasteiger charge is -2.04. The summed E-state index contributed by atoms with van der Waals surface area (Å²) in [6, 6.07) is 6.05. The molecule has 0 aliphatic rings. The summed E-state index contributed by atoms with van der Waals surface area (Å²) in [5.41, 5.74) is 0.155. The Morgan fingerprint density at radius 1 is 1.19 bits per heavy atom. The second kappa shape index (κ2) is 3.82. The van der Waals surface area contributed by atoms with E-state index in [1.807, 2.05) is 22.6 Å². The molecule has 1 heterocycles. The second-order valence-electron chi connectivity index (χ2n) is 3.09. The van der Waals surface area contributed by atoms with E-state index in [0.717, 1.165) is 6.07 Å². The van der Waals surface area contributed by atoms with Gasteiger partial charge in [-0.25, -0.2) is 4.98 Å². The molecule has 0 spiro atoms. The Bertz CT molecular complexity index is 669. The van der Waals surface area contributed by atoms with Gasteiger partial charge in [0.2, 0.25) is 0 Å². The molecule has 0 saturated heterocycles. The molecule has 84 valence electrons. The normalized spacial score (nSPS) is 11.9. The third-order valence-electron chi connectivity index (χ3n) is 2.04. The van der Waals surface area contributed by atoms with E-state index < -0.39 is 20.8 Å². The zero-order valence-electron chi connectivity index (χ0n) is 7.75. The number of halogens is 1. The molecule has 2 rings (SSSR count). The summed E-state index contributed by atoms with van der Waals surface area (Å²) in [5.74, 6) is -0.529. The van der Waals surface area contributed by atoms with E-state index in [0.29, 0.717) is 9.09 Å². The van der Waals surface area contributed by atoms with Crippen LogP contribution in [0.2, 0.25) is 0 Å². The van der Waals surface area contributed by atoms with Crippen molar-refractivity contribution >= 4 is 43.6 Å². The van der Waals surface area contributed by atoms with Crippen LogP contribution >= 0.6 is 22.6 Å². The molecule has 0 amide bonds. The first-order chi connectivity index (χ1) is 7.39. The van der Waals surface area contributed by atoms with E-state index >= 15 is 0 Å². The lowest BCUT2D eigenvalue weighted by atomic mass is 10.2. The van der Waals surface area contributed by atoms with Crippen LogP contribution in [-0.2, 0) is 10.1 Å². The van der Waals surface area contributed by atoms with Crippen LogP contribution in [0.5, 0.6) is 5.75 Å². The number of hydrogen-bond acceptors (Lipinski definition) is 4. The minimum atomic E-state index is -4.43. The highest BCUT2D eigenvalue weighted by molar-refractivity contribution is 14.1. The molecule has 5 nitrogen and oxygen atoms in total. The van der Waals surface area contributed by atoms with Crippen LogP contribution in [0.25, 0.3) is 10.9 Å². The summed E-state index contributed by atoms with van der Waals surface area (Å²) < 4.78 is 31.4. The van der Waals surface area contributed by atoms with Gasteiger partial charge in [-0.3, -0.25) is 4.55 Å². The summed E-state index contributed by atoms with van der Waals surface area (Å²) in [7, 11) is -4.43. The molecule has 0 radical (unpaired) electrons. The third-order valence-corrected chi connectivity index (χ3v) is 3.53. The van der Waals surface area contributed by atoms with Gasteiger partial charge in [-0.2, -0.15) is 8.42 Å². The Labute approximate surface area is 105 Å². The van der Waals surface area contributed by atoms with Crippen LogP contribution in [0.1, 0.15) is 0 Å². The number of pyridine rings is 1. The van der Waals surface area contributed by atoms with E-state index in [-0.39, 0.29) is 5.52 Å². The Morgan fingerprint density at radius 3 is 2.44 bits per heavy atom. The maximum absolute atomic E-state index is 10.9. The summed E-state index contributed by atoms with van der Waals surface area (Å²) in [4.78, 5) is 3.48. The molecule has 0 saturated carbocycles. The van der Waals surface area contributed by atoms with Crippen LogP contribution < -0.4 is 0 Å². The first-order valence-corrected chi connectivity index (χ1v) is 6.67. The fourth-order valence-corrected chi connectivity index (χ4v) is 2.34. The lowest BCUT2D eigenvalue weighted by Crippen LogP contribution is -1.99. The first-order valence-electron chi connectivity index (χ1n) is 4.15. The van der Waals surface area contributed by atoms with Crippen LogP contribution in [0, 0.1) is 3.70 Å². The van der Waals surface area contributed by atoms with E-state index in [1.54, 1.807) is 12.1 Å². The van der Waals surface area contributed by atoms with Crippen molar-refractivity contribution in [1.82, 2.24) is 4.98 Å². The van der Waals surface area contributed by atoms with Crippen molar-refractivity contribution in [2.24, 2.45) is 0 Å². The van der Waals surface area contributed by atoms with Gasteiger partial charge in [0.15, 0.2) is 5.75 Å².